The highest BCUT2D eigenvalue weighted by atomic mass is 16.3. The first-order valence-electron chi connectivity index (χ1n) is 8.68. The Bertz CT molecular complexity index is 674. The quantitative estimate of drug-likeness (QED) is 0.856. The third kappa shape index (κ3) is 4.29. The molecule has 0 aromatic carbocycles. The molecule has 1 N–H and O–H groups in total. The molecular formula is C18H26N4O3. The maximum absolute atomic E-state index is 12.4. The first-order chi connectivity index (χ1) is 12.0. The standard InChI is InChI=1S/C18H26N4O3/c1-20-10-7-19-18(20)17(24)14-5-8-22(9-6-14)13-16(23)21(2)12-15-4-3-11-25-15/h3-4,7,10-11,14,17,24H,5-6,8-9,12-13H2,1-2H3. The van der Waals surface area contributed by atoms with Gasteiger partial charge in [0.2, 0.25) is 5.91 Å². The van der Waals surface area contributed by atoms with Crippen molar-refractivity contribution in [2.24, 2.45) is 13.0 Å². The Balaban J connectivity index is 1.46. The topological polar surface area (TPSA) is 74.7 Å². The van der Waals surface area contributed by atoms with Gasteiger partial charge in [0.15, 0.2) is 0 Å². The van der Waals surface area contributed by atoms with Crippen molar-refractivity contribution < 1.29 is 14.3 Å². The maximum atomic E-state index is 12.4. The summed E-state index contributed by atoms with van der Waals surface area (Å²) in [5.74, 6) is 1.77. The number of carbonyl (C=O) groups is 1. The van der Waals surface area contributed by atoms with Crippen molar-refractivity contribution >= 4 is 5.91 Å². The molecule has 1 aliphatic heterocycles. The molecule has 7 heteroatoms. The lowest BCUT2D eigenvalue weighted by atomic mass is 9.90. The van der Waals surface area contributed by atoms with E-state index in [2.05, 4.69) is 9.88 Å². The number of imidazole rings is 1. The zero-order valence-corrected chi connectivity index (χ0v) is 14.8. The molecule has 0 spiro atoms. The number of aromatic nitrogens is 2. The van der Waals surface area contributed by atoms with E-state index in [0.29, 0.717) is 18.9 Å². The number of aliphatic hydroxyl groups excluding tert-OH is 1. The maximum Gasteiger partial charge on any atom is 0.236 e. The highest BCUT2D eigenvalue weighted by molar-refractivity contribution is 5.77. The van der Waals surface area contributed by atoms with Crippen LogP contribution in [0.2, 0.25) is 0 Å². The predicted octanol–water partition coefficient (Wildman–Crippen LogP) is 1.42. The van der Waals surface area contributed by atoms with Crippen molar-refractivity contribution in [3.8, 4) is 0 Å². The smallest absolute Gasteiger partial charge is 0.236 e. The number of amides is 1. The van der Waals surface area contributed by atoms with Gasteiger partial charge in [-0.2, -0.15) is 0 Å². The molecule has 1 fully saturated rings. The molecule has 1 unspecified atom stereocenters. The fourth-order valence-electron chi connectivity index (χ4n) is 3.34. The molecule has 1 saturated heterocycles. The van der Waals surface area contributed by atoms with E-state index in [1.54, 1.807) is 24.4 Å². The van der Waals surface area contributed by atoms with Gasteiger partial charge in [-0.15, -0.1) is 0 Å². The summed E-state index contributed by atoms with van der Waals surface area (Å²) >= 11 is 0. The molecule has 7 nitrogen and oxygen atoms in total. The lowest BCUT2D eigenvalue weighted by Crippen LogP contribution is -2.42. The summed E-state index contributed by atoms with van der Waals surface area (Å²) in [6.07, 6.45) is 6.36. The number of piperidine rings is 1. The lowest BCUT2D eigenvalue weighted by molar-refractivity contribution is -0.132. The summed E-state index contributed by atoms with van der Waals surface area (Å²) in [6.45, 7) is 2.52. The van der Waals surface area contributed by atoms with Crippen LogP contribution < -0.4 is 0 Å². The Morgan fingerprint density at radius 1 is 1.48 bits per heavy atom. The van der Waals surface area contributed by atoms with E-state index in [1.807, 2.05) is 29.9 Å². The fraction of sp³-hybridized carbons (Fsp3) is 0.556. The summed E-state index contributed by atoms with van der Waals surface area (Å²) in [5.41, 5.74) is 0. The van der Waals surface area contributed by atoms with E-state index in [0.717, 1.165) is 31.7 Å². The van der Waals surface area contributed by atoms with Gasteiger partial charge in [0.25, 0.3) is 0 Å². The highest BCUT2D eigenvalue weighted by Gasteiger charge is 2.29. The number of aryl methyl sites for hydroxylation is 1. The summed E-state index contributed by atoms with van der Waals surface area (Å²) < 4.78 is 7.15. The van der Waals surface area contributed by atoms with Gasteiger partial charge >= 0.3 is 0 Å². The number of carbonyl (C=O) groups excluding carboxylic acids is 1. The van der Waals surface area contributed by atoms with Crippen LogP contribution in [0.15, 0.2) is 35.2 Å². The van der Waals surface area contributed by atoms with Crippen LogP contribution in [0.5, 0.6) is 0 Å². The molecule has 0 radical (unpaired) electrons. The molecule has 3 rings (SSSR count). The first kappa shape index (κ1) is 17.7. The monoisotopic (exact) mass is 346 g/mol. The van der Waals surface area contributed by atoms with Gasteiger partial charge in [0, 0.05) is 26.5 Å². The fourth-order valence-corrected chi connectivity index (χ4v) is 3.34. The molecule has 0 saturated carbocycles. The Morgan fingerprint density at radius 2 is 2.24 bits per heavy atom. The first-order valence-corrected chi connectivity index (χ1v) is 8.68. The van der Waals surface area contributed by atoms with Gasteiger partial charge in [-0.1, -0.05) is 0 Å². The molecule has 1 aliphatic rings. The van der Waals surface area contributed by atoms with E-state index < -0.39 is 6.10 Å². The lowest BCUT2D eigenvalue weighted by Gasteiger charge is -2.34. The van der Waals surface area contributed by atoms with Crippen LogP contribution in [0.3, 0.4) is 0 Å². The summed E-state index contributed by atoms with van der Waals surface area (Å²) in [7, 11) is 3.69. The summed E-state index contributed by atoms with van der Waals surface area (Å²) in [5, 5.41) is 10.5. The van der Waals surface area contributed by atoms with Crippen LogP contribution in [0.4, 0.5) is 0 Å². The SMILES string of the molecule is CN(Cc1ccco1)C(=O)CN1CCC(C(O)c2nccn2C)CC1. The number of rotatable bonds is 6. The van der Waals surface area contributed by atoms with E-state index in [-0.39, 0.29) is 11.8 Å². The van der Waals surface area contributed by atoms with E-state index in [1.165, 1.54) is 0 Å². The normalized spacial score (nSPS) is 17.6. The molecule has 0 aliphatic carbocycles. The Labute approximate surface area is 147 Å². The van der Waals surface area contributed by atoms with Crippen LogP contribution in [-0.2, 0) is 18.4 Å². The molecule has 136 valence electrons. The number of likely N-dealkylation sites (tertiary alicyclic amines) is 1. The van der Waals surface area contributed by atoms with E-state index in [9.17, 15) is 9.90 Å². The van der Waals surface area contributed by atoms with Crippen LogP contribution in [-0.4, -0.2) is 57.0 Å². The second kappa shape index (κ2) is 7.84. The van der Waals surface area contributed by atoms with Gasteiger partial charge in [0.1, 0.15) is 17.7 Å². The zero-order chi connectivity index (χ0) is 17.8. The largest absolute Gasteiger partial charge is 0.467 e. The van der Waals surface area contributed by atoms with Crippen molar-refractivity contribution in [2.75, 3.05) is 26.7 Å². The minimum atomic E-state index is -0.542. The minimum Gasteiger partial charge on any atom is -0.467 e. The number of nitrogens with zero attached hydrogens (tertiary/aromatic N) is 4. The van der Waals surface area contributed by atoms with Gasteiger partial charge < -0.3 is 19.0 Å². The van der Waals surface area contributed by atoms with Crippen molar-refractivity contribution in [3.05, 3.63) is 42.4 Å². The summed E-state index contributed by atoms with van der Waals surface area (Å²) in [4.78, 5) is 20.5. The van der Waals surface area contributed by atoms with Crippen LogP contribution in [0.1, 0.15) is 30.5 Å². The molecule has 1 amide bonds. The third-order valence-electron chi connectivity index (χ3n) is 4.96. The van der Waals surface area contributed by atoms with Crippen molar-refractivity contribution in [1.82, 2.24) is 19.4 Å². The number of likely N-dealkylation sites (N-methyl/N-ethyl adjacent to an activating group) is 1. The summed E-state index contributed by atoms with van der Waals surface area (Å²) in [6, 6.07) is 3.69. The number of furan rings is 1. The predicted molar refractivity (Wildman–Crippen MR) is 92.5 cm³/mol. The highest BCUT2D eigenvalue weighted by Crippen LogP contribution is 2.29. The Hall–Kier alpha value is -2.12. The van der Waals surface area contributed by atoms with Crippen molar-refractivity contribution in [2.45, 2.75) is 25.5 Å². The van der Waals surface area contributed by atoms with Crippen molar-refractivity contribution in [1.29, 1.82) is 0 Å². The van der Waals surface area contributed by atoms with Crippen LogP contribution >= 0.6 is 0 Å². The van der Waals surface area contributed by atoms with Crippen LogP contribution in [0, 0.1) is 5.92 Å². The molecular weight excluding hydrogens is 320 g/mol. The van der Waals surface area contributed by atoms with Gasteiger partial charge in [-0.25, -0.2) is 4.98 Å². The van der Waals surface area contributed by atoms with Gasteiger partial charge in [0.05, 0.1) is 19.4 Å². The molecule has 2 aromatic rings. The van der Waals surface area contributed by atoms with E-state index in [4.69, 9.17) is 4.42 Å². The minimum absolute atomic E-state index is 0.0829. The van der Waals surface area contributed by atoms with E-state index >= 15 is 0 Å². The number of aliphatic hydroxyl groups is 1. The van der Waals surface area contributed by atoms with Crippen LogP contribution in [0.25, 0.3) is 0 Å². The van der Waals surface area contributed by atoms with Crippen molar-refractivity contribution in [3.63, 3.8) is 0 Å². The molecule has 0 bridgehead atoms. The third-order valence-corrected chi connectivity index (χ3v) is 4.96. The average molecular weight is 346 g/mol. The van der Waals surface area contributed by atoms with Gasteiger partial charge in [-0.05, 0) is 44.0 Å². The number of hydrogen-bond donors (Lipinski definition) is 1. The van der Waals surface area contributed by atoms with Gasteiger partial charge in [-0.3, -0.25) is 9.69 Å². The molecule has 2 aromatic heterocycles. The Morgan fingerprint density at radius 3 is 2.84 bits per heavy atom. The second-order valence-electron chi connectivity index (χ2n) is 6.78. The zero-order valence-electron chi connectivity index (χ0n) is 14.8. The second-order valence-corrected chi connectivity index (χ2v) is 6.78. The average Bonchev–Trinajstić information content (AvgIpc) is 3.26. The molecule has 1 atom stereocenters. The molecule has 3 heterocycles. The Kier molecular flexibility index (Phi) is 5.55. The number of hydrogen-bond acceptors (Lipinski definition) is 5. The molecule has 25 heavy (non-hydrogen) atoms.